The molecule has 1 heterocycles. The highest BCUT2D eigenvalue weighted by atomic mass is 32.1. The number of hydrogen-bond acceptors (Lipinski definition) is 4. The molecule has 13 heavy (non-hydrogen) atoms. The van der Waals surface area contributed by atoms with Crippen LogP contribution in [0.25, 0.3) is 0 Å². The molecule has 0 saturated heterocycles. The highest BCUT2D eigenvalue weighted by molar-refractivity contribution is 7.80. The predicted molar refractivity (Wildman–Crippen MR) is 49.0 cm³/mol. The summed E-state index contributed by atoms with van der Waals surface area (Å²) >= 11 is 3.99. The second-order valence-electron chi connectivity index (χ2n) is 2.47. The van der Waals surface area contributed by atoms with Crippen LogP contribution in [0.4, 0.5) is 0 Å². The number of rotatable bonds is 3. The summed E-state index contributed by atoms with van der Waals surface area (Å²) in [6.45, 7) is 0. The molecule has 0 radical (unpaired) electrons. The van der Waals surface area contributed by atoms with Gasteiger partial charge in [-0.3, -0.25) is 4.79 Å². The first kappa shape index (κ1) is 9.85. The fraction of sp³-hybridized carbons (Fsp3) is 0.250. The minimum atomic E-state index is -0.997. The summed E-state index contributed by atoms with van der Waals surface area (Å²) in [5.74, 6) is -0.997. The Morgan fingerprint density at radius 3 is 2.92 bits per heavy atom. The summed E-state index contributed by atoms with van der Waals surface area (Å²) in [5.41, 5.74) is -0.267. The van der Waals surface area contributed by atoms with Crippen molar-refractivity contribution in [2.45, 2.75) is 11.7 Å². The second kappa shape index (κ2) is 4.13. The first-order valence-electron chi connectivity index (χ1n) is 3.59. The van der Waals surface area contributed by atoms with Crippen molar-refractivity contribution in [3.05, 3.63) is 34.4 Å². The highest BCUT2D eigenvalue weighted by Crippen LogP contribution is 2.19. The minimum Gasteiger partial charge on any atom is -0.481 e. The molecule has 5 heteroatoms. The fourth-order valence-corrected chi connectivity index (χ4v) is 1.25. The lowest BCUT2D eigenvalue weighted by Crippen LogP contribution is -2.11. The Morgan fingerprint density at radius 2 is 2.38 bits per heavy atom. The van der Waals surface area contributed by atoms with Gasteiger partial charge in [-0.25, -0.2) is 4.79 Å². The first-order chi connectivity index (χ1) is 6.11. The summed E-state index contributed by atoms with van der Waals surface area (Å²) < 4.78 is 4.56. The maximum absolute atomic E-state index is 11.0. The van der Waals surface area contributed by atoms with Crippen molar-refractivity contribution in [3.8, 4) is 0 Å². The van der Waals surface area contributed by atoms with E-state index in [0.29, 0.717) is 0 Å². The second-order valence-corrected chi connectivity index (χ2v) is 3.09. The standard InChI is InChI=1S/C8H8O4S/c9-7(10)4-6(13)5-2-1-3-12-8(5)11/h1-3,6,13H,4H2,(H,9,10). The fourth-order valence-electron chi connectivity index (χ4n) is 0.903. The number of aliphatic carboxylic acids is 1. The summed E-state index contributed by atoms with van der Waals surface area (Å²) in [6, 6.07) is 3.04. The van der Waals surface area contributed by atoms with Crippen LogP contribution in [0, 0.1) is 0 Å². The van der Waals surface area contributed by atoms with Crippen molar-refractivity contribution in [2.75, 3.05) is 0 Å². The van der Waals surface area contributed by atoms with Gasteiger partial charge in [0.25, 0.3) is 0 Å². The largest absolute Gasteiger partial charge is 0.481 e. The summed E-state index contributed by atoms with van der Waals surface area (Å²) in [4.78, 5) is 21.3. The Morgan fingerprint density at radius 1 is 1.69 bits per heavy atom. The zero-order valence-electron chi connectivity index (χ0n) is 6.64. The lowest BCUT2D eigenvalue weighted by Gasteiger charge is -2.04. The average Bonchev–Trinajstić information content (AvgIpc) is 2.03. The average molecular weight is 200 g/mol. The van der Waals surface area contributed by atoms with Crippen molar-refractivity contribution in [2.24, 2.45) is 0 Å². The molecule has 1 N–H and O–H groups in total. The van der Waals surface area contributed by atoms with Gasteiger partial charge in [0.15, 0.2) is 0 Å². The predicted octanol–water partition coefficient (Wildman–Crippen LogP) is 1.09. The van der Waals surface area contributed by atoms with Gasteiger partial charge in [0, 0.05) is 5.25 Å². The van der Waals surface area contributed by atoms with E-state index in [4.69, 9.17) is 5.11 Å². The third-order valence-electron chi connectivity index (χ3n) is 1.49. The highest BCUT2D eigenvalue weighted by Gasteiger charge is 2.14. The van der Waals surface area contributed by atoms with Gasteiger partial charge in [-0.2, -0.15) is 12.6 Å². The van der Waals surface area contributed by atoms with Gasteiger partial charge in [-0.1, -0.05) is 0 Å². The molecule has 0 bridgehead atoms. The summed E-state index contributed by atoms with van der Waals surface area (Å²) in [6.07, 6.45) is 1.05. The van der Waals surface area contributed by atoms with E-state index in [-0.39, 0.29) is 12.0 Å². The molecule has 0 amide bonds. The van der Waals surface area contributed by atoms with Crippen molar-refractivity contribution >= 4 is 18.6 Å². The Bertz CT molecular complexity index is 357. The van der Waals surface area contributed by atoms with Crippen LogP contribution in [-0.2, 0) is 4.79 Å². The quantitative estimate of drug-likeness (QED) is 0.716. The van der Waals surface area contributed by atoms with E-state index in [1.807, 2.05) is 0 Å². The van der Waals surface area contributed by atoms with E-state index in [1.54, 1.807) is 0 Å². The first-order valence-corrected chi connectivity index (χ1v) is 4.10. The third kappa shape index (κ3) is 2.62. The smallest absolute Gasteiger partial charge is 0.339 e. The Kier molecular flexibility index (Phi) is 3.13. The lowest BCUT2D eigenvalue weighted by molar-refractivity contribution is -0.137. The Hall–Kier alpha value is -1.23. The lowest BCUT2D eigenvalue weighted by atomic mass is 10.1. The molecule has 1 aromatic heterocycles. The molecular formula is C8H8O4S. The minimum absolute atomic E-state index is 0.197. The van der Waals surface area contributed by atoms with Crippen LogP contribution in [0.5, 0.6) is 0 Å². The van der Waals surface area contributed by atoms with Gasteiger partial charge in [0.1, 0.15) is 0 Å². The van der Waals surface area contributed by atoms with E-state index < -0.39 is 16.8 Å². The molecule has 0 aliphatic rings. The van der Waals surface area contributed by atoms with Crippen LogP contribution in [0.1, 0.15) is 17.2 Å². The van der Waals surface area contributed by atoms with Crippen LogP contribution in [0.15, 0.2) is 27.6 Å². The van der Waals surface area contributed by atoms with E-state index in [9.17, 15) is 9.59 Å². The zero-order chi connectivity index (χ0) is 9.84. The van der Waals surface area contributed by atoms with E-state index >= 15 is 0 Å². The number of thiol groups is 1. The molecule has 70 valence electrons. The molecule has 0 spiro atoms. The molecule has 1 unspecified atom stereocenters. The molecule has 4 nitrogen and oxygen atoms in total. The molecule has 1 aromatic rings. The molecule has 0 aromatic carbocycles. The number of carboxylic acid groups (broad SMARTS) is 1. The normalized spacial score (nSPS) is 12.4. The molecular weight excluding hydrogens is 192 g/mol. The molecule has 0 aliphatic heterocycles. The molecule has 1 atom stereocenters. The SMILES string of the molecule is O=C(O)CC(S)c1cccoc1=O. The van der Waals surface area contributed by atoms with Crippen LogP contribution >= 0.6 is 12.6 Å². The van der Waals surface area contributed by atoms with Gasteiger partial charge in [-0.05, 0) is 12.1 Å². The van der Waals surface area contributed by atoms with Crippen molar-refractivity contribution < 1.29 is 14.3 Å². The van der Waals surface area contributed by atoms with Crippen molar-refractivity contribution in [1.29, 1.82) is 0 Å². The van der Waals surface area contributed by atoms with Crippen molar-refractivity contribution in [3.63, 3.8) is 0 Å². The van der Waals surface area contributed by atoms with Gasteiger partial charge in [-0.15, -0.1) is 0 Å². The van der Waals surface area contributed by atoms with E-state index in [0.717, 1.165) is 0 Å². The topological polar surface area (TPSA) is 67.5 Å². The zero-order valence-corrected chi connectivity index (χ0v) is 7.53. The monoisotopic (exact) mass is 200 g/mol. The van der Waals surface area contributed by atoms with Gasteiger partial charge < -0.3 is 9.52 Å². The van der Waals surface area contributed by atoms with Crippen LogP contribution in [-0.4, -0.2) is 11.1 Å². The maximum Gasteiger partial charge on any atom is 0.339 e. The number of carboxylic acids is 1. The maximum atomic E-state index is 11.0. The van der Waals surface area contributed by atoms with E-state index in [1.165, 1.54) is 18.4 Å². The van der Waals surface area contributed by atoms with Crippen LogP contribution in [0.2, 0.25) is 0 Å². The number of carbonyl (C=O) groups is 1. The Labute approximate surface area is 79.6 Å². The molecule has 0 fully saturated rings. The van der Waals surface area contributed by atoms with Crippen molar-refractivity contribution in [1.82, 2.24) is 0 Å². The van der Waals surface area contributed by atoms with E-state index in [2.05, 4.69) is 17.0 Å². The third-order valence-corrected chi connectivity index (χ3v) is 1.95. The van der Waals surface area contributed by atoms with Crippen LogP contribution in [0.3, 0.4) is 0 Å². The summed E-state index contributed by atoms with van der Waals surface area (Å²) in [5, 5.41) is 7.84. The van der Waals surface area contributed by atoms with Gasteiger partial charge >= 0.3 is 11.6 Å². The molecule has 0 saturated carbocycles. The summed E-state index contributed by atoms with van der Waals surface area (Å²) in [7, 11) is 0. The number of hydrogen-bond donors (Lipinski definition) is 2. The molecule has 0 aliphatic carbocycles. The van der Waals surface area contributed by atoms with Crippen LogP contribution < -0.4 is 5.63 Å². The van der Waals surface area contributed by atoms with Gasteiger partial charge in [0.05, 0.1) is 18.2 Å². The molecule has 1 rings (SSSR count). The van der Waals surface area contributed by atoms with Gasteiger partial charge in [0.2, 0.25) is 0 Å². The Balaban J connectivity index is 2.89.